The van der Waals surface area contributed by atoms with Crippen LogP contribution in [0.4, 0.5) is 5.69 Å². The monoisotopic (exact) mass is 539 g/mol. The van der Waals surface area contributed by atoms with Crippen LogP contribution in [0, 0.1) is 17.0 Å². The highest BCUT2D eigenvalue weighted by atomic mass is 16.6. The molecule has 1 aliphatic rings. The number of rotatable bonds is 13. The molecule has 2 aromatic carbocycles. The highest BCUT2D eigenvalue weighted by Gasteiger charge is 2.37. The number of hydrogen-bond donors (Lipinski definition) is 4. The van der Waals surface area contributed by atoms with E-state index in [9.17, 15) is 29.9 Å². The lowest BCUT2D eigenvalue weighted by molar-refractivity contribution is -0.384. The van der Waals surface area contributed by atoms with Crippen molar-refractivity contribution in [3.63, 3.8) is 0 Å². The van der Waals surface area contributed by atoms with Gasteiger partial charge in [-0.2, -0.15) is 0 Å². The molecule has 0 spiro atoms. The molecular formula is C28H33N3O8. The van der Waals surface area contributed by atoms with Gasteiger partial charge >= 0.3 is 11.9 Å². The van der Waals surface area contributed by atoms with E-state index in [2.05, 4.69) is 10.6 Å². The molecule has 2 unspecified atom stereocenters. The molecule has 0 fully saturated rings. The van der Waals surface area contributed by atoms with Gasteiger partial charge in [0.2, 0.25) is 0 Å². The Morgan fingerprint density at radius 2 is 1.82 bits per heavy atom. The number of dihydropyridines is 1. The van der Waals surface area contributed by atoms with Gasteiger partial charge in [-0.3, -0.25) is 10.1 Å². The molecule has 39 heavy (non-hydrogen) atoms. The molecule has 0 radical (unpaired) electrons. The second-order valence-electron chi connectivity index (χ2n) is 9.27. The predicted octanol–water partition coefficient (Wildman–Crippen LogP) is 3.19. The minimum atomic E-state index is -1.25. The first-order valence-electron chi connectivity index (χ1n) is 12.5. The zero-order valence-electron chi connectivity index (χ0n) is 22.1. The summed E-state index contributed by atoms with van der Waals surface area (Å²) >= 11 is 0. The number of nitrogens with one attached hydrogen (secondary N) is 2. The van der Waals surface area contributed by atoms with Crippen LogP contribution in [0.15, 0.2) is 71.1 Å². The lowest BCUT2D eigenvalue weighted by Crippen LogP contribution is -2.33. The van der Waals surface area contributed by atoms with Crippen LogP contribution in [0.1, 0.15) is 37.3 Å². The Hall–Kier alpha value is -4.22. The number of carboxylic acids is 1. The Bertz CT molecular complexity index is 1290. The molecule has 1 aliphatic heterocycles. The fraction of sp³-hybridized carbons (Fsp3) is 0.357. The molecule has 4 N–H and O–H groups in total. The molecule has 1 heterocycles. The van der Waals surface area contributed by atoms with E-state index in [0.717, 1.165) is 5.56 Å². The average molecular weight is 540 g/mol. The lowest BCUT2D eigenvalue weighted by atomic mass is 9.80. The number of nitrogens with zero attached hydrogens (tertiary/aromatic N) is 1. The third-order valence-corrected chi connectivity index (χ3v) is 6.17. The van der Waals surface area contributed by atoms with E-state index < -0.39 is 28.9 Å². The number of esters is 1. The second-order valence-corrected chi connectivity index (χ2v) is 9.27. The van der Waals surface area contributed by atoms with Crippen molar-refractivity contribution in [2.45, 2.75) is 39.2 Å². The SMILES string of the molecule is CC1=C(C(=O)O)C(c2cccc([N+](=O)[O-])c2)C(C(=O)OCCCNCC(O)COc2cccc(C)c2)=C(C)N1. The topological polar surface area (TPSA) is 160 Å². The van der Waals surface area contributed by atoms with E-state index in [1.54, 1.807) is 19.9 Å². The van der Waals surface area contributed by atoms with Crippen molar-refractivity contribution in [3.8, 4) is 5.75 Å². The van der Waals surface area contributed by atoms with E-state index in [4.69, 9.17) is 9.47 Å². The smallest absolute Gasteiger partial charge is 0.336 e. The molecular weight excluding hydrogens is 506 g/mol. The molecule has 0 bridgehead atoms. The Balaban J connectivity index is 1.56. The summed E-state index contributed by atoms with van der Waals surface area (Å²) in [6, 6.07) is 13.1. The number of hydrogen-bond acceptors (Lipinski definition) is 9. The van der Waals surface area contributed by atoms with Crippen LogP contribution in [0.3, 0.4) is 0 Å². The highest BCUT2D eigenvalue weighted by Crippen LogP contribution is 2.39. The normalized spacial score (nSPS) is 15.9. The number of aliphatic carboxylic acids is 1. The number of aliphatic hydroxyl groups excluding tert-OH is 1. The quantitative estimate of drug-likeness (QED) is 0.129. The lowest BCUT2D eigenvalue weighted by Gasteiger charge is -2.29. The van der Waals surface area contributed by atoms with E-state index in [1.165, 1.54) is 18.2 Å². The maximum absolute atomic E-state index is 13.1. The maximum Gasteiger partial charge on any atom is 0.336 e. The molecule has 11 heteroatoms. The number of non-ortho nitro benzene ring substituents is 1. The number of nitro groups is 1. The summed E-state index contributed by atoms with van der Waals surface area (Å²) in [6.07, 6.45) is -0.284. The Morgan fingerprint density at radius 1 is 1.10 bits per heavy atom. The number of allylic oxidation sites excluding steroid dienone is 2. The second kappa shape index (κ2) is 13.5. The van der Waals surface area contributed by atoms with Crippen LogP contribution in [0.2, 0.25) is 0 Å². The number of carbonyl (C=O) groups is 2. The van der Waals surface area contributed by atoms with Gasteiger partial charge in [-0.1, -0.05) is 24.3 Å². The third kappa shape index (κ3) is 7.88. The largest absolute Gasteiger partial charge is 0.491 e. The summed E-state index contributed by atoms with van der Waals surface area (Å²) in [4.78, 5) is 36.0. The molecule has 2 aromatic rings. The van der Waals surface area contributed by atoms with Crippen LogP contribution in [-0.4, -0.2) is 59.5 Å². The summed E-state index contributed by atoms with van der Waals surface area (Å²) in [5.74, 6) is -2.32. The van der Waals surface area contributed by atoms with Gasteiger partial charge in [0.1, 0.15) is 18.5 Å². The van der Waals surface area contributed by atoms with E-state index in [0.29, 0.717) is 35.7 Å². The summed E-state index contributed by atoms with van der Waals surface area (Å²) < 4.78 is 11.0. The summed E-state index contributed by atoms with van der Waals surface area (Å²) in [6.45, 7) is 6.08. The highest BCUT2D eigenvalue weighted by molar-refractivity contribution is 5.99. The van der Waals surface area contributed by atoms with Gasteiger partial charge in [0.15, 0.2) is 0 Å². The van der Waals surface area contributed by atoms with Gasteiger partial charge in [-0.15, -0.1) is 0 Å². The molecule has 11 nitrogen and oxygen atoms in total. The van der Waals surface area contributed by atoms with Gasteiger partial charge in [-0.05, 0) is 57.0 Å². The summed E-state index contributed by atoms with van der Waals surface area (Å²) in [5, 5.41) is 37.3. The molecule has 0 saturated heterocycles. The minimum Gasteiger partial charge on any atom is -0.491 e. The molecule has 0 amide bonds. The van der Waals surface area contributed by atoms with Gasteiger partial charge in [0.25, 0.3) is 5.69 Å². The van der Waals surface area contributed by atoms with Crippen molar-refractivity contribution in [1.82, 2.24) is 10.6 Å². The number of benzene rings is 2. The molecule has 3 rings (SSSR count). The van der Waals surface area contributed by atoms with Crippen molar-refractivity contribution >= 4 is 17.6 Å². The maximum atomic E-state index is 13.1. The molecule has 0 aliphatic carbocycles. The fourth-order valence-electron chi connectivity index (χ4n) is 4.36. The molecule has 0 saturated carbocycles. The van der Waals surface area contributed by atoms with Crippen molar-refractivity contribution in [2.75, 3.05) is 26.3 Å². The number of aliphatic hydroxyl groups is 1. The van der Waals surface area contributed by atoms with E-state index in [-0.39, 0.29) is 36.6 Å². The van der Waals surface area contributed by atoms with Gasteiger partial charge in [-0.25, -0.2) is 9.59 Å². The fourth-order valence-corrected chi connectivity index (χ4v) is 4.36. The average Bonchev–Trinajstić information content (AvgIpc) is 2.88. The third-order valence-electron chi connectivity index (χ3n) is 6.17. The molecule has 0 aromatic heterocycles. The van der Waals surface area contributed by atoms with Gasteiger partial charge < -0.3 is 30.3 Å². The first-order valence-corrected chi connectivity index (χ1v) is 12.5. The standard InChI is InChI=1S/C28H33N3O8/c1-17-7-4-10-23(13-17)39-16-22(32)15-29-11-6-12-38-28(35)25-19(3)30-18(2)24(27(33)34)26(25)20-8-5-9-21(14-20)31(36)37/h4-5,7-10,13-14,22,26,29-30,32H,6,11-12,15-16H2,1-3H3,(H,33,34). The van der Waals surface area contributed by atoms with E-state index in [1.807, 2.05) is 31.2 Å². The van der Waals surface area contributed by atoms with Crippen LogP contribution in [0.5, 0.6) is 5.75 Å². The summed E-state index contributed by atoms with van der Waals surface area (Å²) in [5.41, 5.74) is 1.89. The van der Waals surface area contributed by atoms with Crippen molar-refractivity contribution < 1.29 is 34.2 Å². The van der Waals surface area contributed by atoms with Gasteiger partial charge in [0.05, 0.1) is 28.6 Å². The number of carbonyl (C=O) groups excluding carboxylic acids is 1. The Morgan fingerprint density at radius 3 is 2.51 bits per heavy atom. The number of aryl methyl sites for hydroxylation is 1. The molecule has 2 atom stereocenters. The molecule has 208 valence electrons. The van der Waals surface area contributed by atoms with Crippen LogP contribution >= 0.6 is 0 Å². The van der Waals surface area contributed by atoms with Crippen LogP contribution < -0.4 is 15.4 Å². The van der Waals surface area contributed by atoms with Crippen molar-refractivity contribution in [3.05, 3.63) is 92.3 Å². The summed E-state index contributed by atoms with van der Waals surface area (Å²) in [7, 11) is 0. The number of ether oxygens (including phenoxy) is 2. The Kier molecular flexibility index (Phi) is 10.2. The van der Waals surface area contributed by atoms with Crippen molar-refractivity contribution in [1.29, 1.82) is 0 Å². The zero-order chi connectivity index (χ0) is 28.5. The zero-order valence-corrected chi connectivity index (χ0v) is 22.1. The minimum absolute atomic E-state index is 0.0469. The number of carboxylic acid groups (broad SMARTS) is 1. The van der Waals surface area contributed by atoms with Gasteiger partial charge in [0, 0.05) is 30.1 Å². The van der Waals surface area contributed by atoms with Crippen LogP contribution in [-0.2, 0) is 14.3 Å². The first kappa shape index (κ1) is 29.3. The number of nitro benzene ring substituents is 1. The first-order chi connectivity index (χ1) is 18.6. The van der Waals surface area contributed by atoms with Crippen LogP contribution in [0.25, 0.3) is 0 Å². The Labute approximate surface area is 226 Å². The predicted molar refractivity (Wildman–Crippen MR) is 143 cm³/mol. The van der Waals surface area contributed by atoms with Crippen molar-refractivity contribution in [2.24, 2.45) is 0 Å². The van der Waals surface area contributed by atoms with E-state index >= 15 is 0 Å².